The standard InChI is InChI=1S/C57H60N2/c1-55(2,3)44-27-31-47(32-28-44)58(48-33-29-45(30-34-48)56(4,5)6)49-36-43(51-24-18-21-41-35-42(38-52(41)51)40-19-12-10-13-20-40)37-50(39-49)59(46-22-14-11-15-23-46)54-26-17-16-25-53(54)57(7,8)9/h10-17,19-20,22-34,36-39H,18,21,35H2,1-9H3. The Kier molecular flexibility index (Phi) is 10.6. The van der Waals surface area contributed by atoms with Gasteiger partial charge in [0.15, 0.2) is 0 Å². The molecule has 0 heterocycles. The van der Waals surface area contributed by atoms with Gasteiger partial charge in [-0.1, -0.05) is 171 Å². The van der Waals surface area contributed by atoms with Crippen molar-refractivity contribution in [3.05, 3.63) is 203 Å². The summed E-state index contributed by atoms with van der Waals surface area (Å²) >= 11 is 0. The topological polar surface area (TPSA) is 6.48 Å². The summed E-state index contributed by atoms with van der Waals surface area (Å²) in [7, 11) is 0. The third kappa shape index (κ3) is 8.37. The molecule has 0 atom stereocenters. The molecule has 6 aromatic rings. The molecule has 0 aliphatic heterocycles. The highest BCUT2D eigenvalue weighted by Crippen LogP contribution is 2.49. The van der Waals surface area contributed by atoms with Crippen LogP contribution in [0.1, 0.15) is 109 Å². The zero-order valence-corrected chi connectivity index (χ0v) is 36.6. The van der Waals surface area contributed by atoms with Gasteiger partial charge in [0.05, 0.1) is 0 Å². The highest BCUT2D eigenvalue weighted by molar-refractivity contribution is 5.95. The minimum absolute atomic E-state index is 0.0493. The molecule has 0 radical (unpaired) electrons. The Morgan fingerprint density at radius 1 is 0.441 bits per heavy atom. The van der Waals surface area contributed by atoms with E-state index in [0.29, 0.717) is 0 Å². The van der Waals surface area contributed by atoms with E-state index in [-0.39, 0.29) is 16.2 Å². The monoisotopic (exact) mass is 772 g/mol. The lowest BCUT2D eigenvalue weighted by atomic mass is 9.85. The Bertz CT molecular complexity index is 2470. The predicted molar refractivity (Wildman–Crippen MR) is 255 cm³/mol. The molecule has 59 heavy (non-hydrogen) atoms. The molecule has 2 heteroatoms. The Balaban J connectivity index is 1.39. The van der Waals surface area contributed by atoms with E-state index in [0.717, 1.165) is 47.7 Å². The van der Waals surface area contributed by atoms with Crippen LogP contribution in [0.25, 0.3) is 11.1 Å². The van der Waals surface area contributed by atoms with Crippen molar-refractivity contribution >= 4 is 45.3 Å². The van der Waals surface area contributed by atoms with Gasteiger partial charge in [0, 0.05) is 34.1 Å². The Morgan fingerprint density at radius 3 is 1.51 bits per heavy atom. The van der Waals surface area contributed by atoms with Crippen LogP contribution in [0.2, 0.25) is 0 Å². The van der Waals surface area contributed by atoms with Crippen molar-refractivity contribution < 1.29 is 0 Å². The van der Waals surface area contributed by atoms with Gasteiger partial charge in [-0.15, -0.1) is 0 Å². The molecule has 298 valence electrons. The van der Waals surface area contributed by atoms with Crippen LogP contribution in [-0.4, -0.2) is 0 Å². The van der Waals surface area contributed by atoms with Crippen molar-refractivity contribution in [1.82, 2.24) is 0 Å². The first-order valence-corrected chi connectivity index (χ1v) is 21.5. The highest BCUT2D eigenvalue weighted by atomic mass is 15.2. The smallest absolute Gasteiger partial charge is 0.0498 e. The zero-order valence-electron chi connectivity index (χ0n) is 36.6. The number of nitrogens with zero attached hydrogens (tertiary/aromatic N) is 2. The average Bonchev–Trinajstić information content (AvgIpc) is 3.66. The van der Waals surface area contributed by atoms with Crippen LogP contribution < -0.4 is 9.80 Å². The lowest BCUT2D eigenvalue weighted by Crippen LogP contribution is -2.20. The molecule has 0 saturated carbocycles. The molecule has 0 fully saturated rings. The summed E-state index contributed by atoms with van der Waals surface area (Å²) < 4.78 is 0. The first-order chi connectivity index (χ1) is 28.1. The number of rotatable bonds is 8. The Labute approximate surface area is 354 Å². The summed E-state index contributed by atoms with van der Waals surface area (Å²) in [5.41, 5.74) is 19.0. The van der Waals surface area contributed by atoms with Crippen molar-refractivity contribution in [2.75, 3.05) is 9.80 Å². The van der Waals surface area contributed by atoms with Crippen LogP contribution in [0.5, 0.6) is 0 Å². The third-order valence-corrected chi connectivity index (χ3v) is 12.0. The molecule has 0 spiro atoms. The number of hydrogen-bond donors (Lipinski definition) is 0. The number of benzene rings is 6. The molecule has 0 amide bonds. The molecule has 0 N–H and O–H groups in total. The first kappa shape index (κ1) is 39.9. The summed E-state index contributed by atoms with van der Waals surface area (Å²) in [4.78, 5) is 4.94. The SMILES string of the molecule is CC(C)(C)c1ccc(N(c2ccc(C(C)(C)C)cc2)c2cc(C3=CCCC4=C3C=C(c3ccccc3)C4)cc(N(c3ccccc3)c3ccccc3C(C)(C)C)c2)cc1. The van der Waals surface area contributed by atoms with Crippen molar-refractivity contribution in [1.29, 1.82) is 0 Å². The van der Waals surface area contributed by atoms with Gasteiger partial charge >= 0.3 is 0 Å². The van der Waals surface area contributed by atoms with E-state index in [1.54, 1.807) is 5.57 Å². The molecular weight excluding hydrogens is 713 g/mol. The fourth-order valence-corrected chi connectivity index (χ4v) is 8.74. The Hall–Kier alpha value is -5.86. The number of para-hydroxylation sites is 2. The van der Waals surface area contributed by atoms with Crippen molar-refractivity contribution in [2.45, 2.75) is 97.8 Å². The van der Waals surface area contributed by atoms with Gasteiger partial charge in [-0.05, 0) is 141 Å². The van der Waals surface area contributed by atoms with Crippen LogP contribution in [0.3, 0.4) is 0 Å². The van der Waals surface area contributed by atoms with Gasteiger partial charge in [-0.25, -0.2) is 0 Å². The quantitative estimate of drug-likeness (QED) is 0.152. The predicted octanol–water partition coefficient (Wildman–Crippen LogP) is 16.5. The zero-order chi connectivity index (χ0) is 41.5. The molecule has 8 rings (SSSR count). The molecule has 0 aromatic heterocycles. The lowest BCUT2D eigenvalue weighted by Gasteiger charge is -2.34. The van der Waals surface area contributed by atoms with Crippen LogP contribution >= 0.6 is 0 Å². The van der Waals surface area contributed by atoms with Crippen molar-refractivity contribution in [3.63, 3.8) is 0 Å². The molecular formula is C57H60N2. The minimum Gasteiger partial charge on any atom is -0.310 e. The maximum Gasteiger partial charge on any atom is 0.0498 e. The second-order valence-corrected chi connectivity index (χ2v) is 19.5. The van der Waals surface area contributed by atoms with Crippen molar-refractivity contribution in [3.8, 4) is 0 Å². The Morgan fingerprint density at radius 2 is 0.949 bits per heavy atom. The fourth-order valence-electron chi connectivity index (χ4n) is 8.74. The lowest BCUT2D eigenvalue weighted by molar-refractivity contribution is 0.590. The molecule has 0 unspecified atom stereocenters. The maximum absolute atomic E-state index is 2.49. The van der Waals surface area contributed by atoms with E-state index in [4.69, 9.17) is 0 Å². The van der Waals surface area contributed by atoms with E-state index < -0.39 is 0 Å². The van der Waals surface area contributed by atoms with Gasteiger partial charge < -0.3 is 9.80 Å². The highest BCUT2D eigenvalue weighted by Gasteiger charge is 2.28. The summed E-state index contributed by atoms with van der Waals surface area (Å²) in [6, 6.07) is 56.5. The molecule has 0 saturated heterocycles. The van der Waals surface area contributed by atoms with Gasteiger partial charge in [0.25, 0.3) is 0 Å². The number of anilines is 6. The van der Waals surface area contributed by atoms with Crippen LogP contribution in [-0.2, 0) is 16.2 Å². The van der Waals surface area contributed by atoms with E-state index in [1.807, 2.05) is 0 Å². The average molecular weight is 773 g/mol. The molecule has 2 aliphatic carbocycles. The van der Waals surface area contributed by atoms with Gasteiger partial charge in [-0.2, -0.15) is 0 Å². The third-order valence-electron chi connectivity index (χ3n) is 12.0. The second kappa shape index (κ2) is 15.7. The summed E-state index contributed by atoms with van der Waals surface area (Å²) in [5, 5.41) is 0. The molecule has 2 nitrogen and oxygen atoms in total. The van der Waals surface area contributed by atoms with Gasteiger partial charge in [-0.3, -0.25) is 0 Å². The summed E-state index contributed by atoms with van der Waals surface area (Å²) in [6.07, 6.45) is 8.10. The van der Waals surface area contributed by atoms with Gasteiger partial charge in [0.1, 0.15) is 0 Å². The minimum atomic E-state index is -0.0756. The normalized spacial score (nSPS) is 14.5. The maximum atomic E-state index is 2.49. The van der Waals surface area contributed by atoms with E-state index in [2.05, 4.69) is 236 Å². The van der Waals surface area contributed by atoms with E-state index >= 15 is 0 Å². The number of allylic oxidation sites excluding steroid dienone is 6. The number of hydrogen-bond acceptors (Lipinski definition) is 2. The van der Waals surface area contributed by atoms with E-state index in [1.165, 1.54) is 50.2 Å². The second-order valence-electron chi connectivity index (χ2n) is 19.5. The van der Waals surface area contributed by atoms with Gasteiger partial charge in [0.2, 0.25) is 0 Å². The molecule has 0 bridgehead atoms. The van der Waals surface area contributed by atoms with Crippen LogP contribution in [0.4, 0.5) is 34.1 Å². The fraction of sp³-hybridized carbons (Fsp3) is 0.263. The molecule has 2 aliphatic rings. The van der Waals surface area contributed by atoms with Crippen molar-refractivity contribution in [2.24, 2.45) is 0 Å². The first-order valence-electron chi connectivity index (χ1n) is 21.5. The van der Waals surface area contributed by atoms with Crippen LogP contribution in [0.15, 0.2) is 175 Å². The van der Waals surface area contributed by atoms with Crippen LogP contribution in [0, 0.1) is 0 Å². The summed E-state index contributed by atoms with van der Waals surface area (Å²) in [6.45, 7) is 20.7. The van der Waals surface area contributed by atoms with E-state index in [9.17, 15) is 0 Å². The largest absolute Gasteiger partial charge is 0.310 e. The molecule has 6 aromatic carbocycles. The summed E-state index contributed by atoms with van der Waals surface area (Å²) in [5.74, 6) is 0.